The van der Waals surface area contributed by atoms with Gasteiger partial charge in [-0.25, -0.2) is 9.37 Å². The van der Waals surface area contributed by atoms with Crippen molar-refractivity contribution in [2.24, 2.45) is 0 Å². The first-order valence-electron chi connectivity index (χ1n) is 4.80. The molecule has 2 nitrogen and oxygen atoms in total. The van der Waals surface area contributed by atoms with Crippen molar-refractivity contribution >= 4 is 17.4 Å². The van der Waals surface area contributed by atoms with E-state index in [0.29, 0.717) is 16.3 Å². The number of hydrogen-bond donors (Lipinski definition) is 1. The molecule has 0 spiro atoms. The van der Waals surface area contributed by atoms with Crippen LogP contribution in [-0.2, 0) is 0 Å². The van der Waals surface area contributed by atoms with E-state index in [0.717, 1.165) is 5.82 Å². The third-order valence-corrected chi connectivity index (χ3v) is 2.38. The van der Waals surface area contributed by atoms with Gasteiger partial charge in [-0.05, 0) is 30.3 Å². The Morgan fingerprint density at radius 1 is 1.25 bits per heavy atom. The van der Waals surface area contributed by atoms with Crippen molar-refractivity contribution in [3.8, 4) is 11.3 Å². The SMILES string of the molecule is CNc1cccc(-c2cc(F)cc(Cl)c2)n1. The zero-order valence-corrected chi connectivity index (χ0v) is 9.42. The number of aromatic nitrogens is 1. The summed E-state index contributed by atoms with van der Waals surface area (Å²) in [6, 6.07) is 9.87. The molecular weight excluding hydrogens is 227 g/mol. The first kappa shape index (κ1) is 10.9. The molecule has 0 aliphatic rings. The number of benzene rings is 1. The van der Waals surface area contributed by atoms with E-state index >= 15 is 0 Å². The maximum Gasteiger partial charge on any atom is 0.126 e. The van der Waals surface area contributed by atoms with Gasteiger partial charge in [-0.15, -0.1) is 0 Å². The second kappa shape index (κ2) is 4.49. The molecule has 0 atom stereocenters. The standard InChI is InChI=1S/C12H10ClFN2/c1-15-12-4-2-3-11(16-12)8-5-9(13)7-10(14)6-8/h2-7H,1H3,(H,15,16). The first-order valence-corrected chi connectivity index (χ1v) is 5.18. The largest absolute Gasteiger partial charge is 0.373 e. The van der Waals surface area contributed by atoms with Crippen LogP contribution in [-0.4, -0.2) is 12.0 Å². The Kier molecular flexibility index (Phi) is 3.06. The average molecular weight is 237 g/mol. The summed E-state index contributed by atoms with van der Waals surface area (Å²) in [7, 11) is 1.78. The zero-order chi connectivity index (χ0) is 11.5. The molecule has 0 saturated carbocycles. The van der Waals surface area contributed by atoms with Crippen LogP contribution in [0.25, 0.3) is 11.3 Å². The van der Waals surface area contributed by atoms with Crippen molar-refractivity contribution in [2.75, 3.05) is 12.4 Å². The molecule has 0 aliphatic carbocycles. The third kappa shape index (κ3) is 2.31. The molecule has 0 aliphatic heterocycles. The van der Waals surface area contributed by atoms with E-state index in [1.54, 1.807) is 13.1 Å². The lowest BCUT2D eigenvalue weighted by molar-refractivity contribution is 0.628. The Hall–Kier alpha value is -1.61. The van der Waals surface area contributed by atoms with Gasteiger partial charge in [0.25, 0.3) is 0 Å². The molecule has 1 heterocycles. The molecule has 2 rings (SSSR count). The van der Waals surface area contributed by atoms with Gasteiger partial charge in [-0.3, -0.25) is 0 Å². The second-order valence-corrected chi connectivity index (χ2v) is 3.75. The van der Waals surface area contributed by atoms with E-state index in [1.165, 1.54) is 12.1 Å². The van der Waals surface area contributed by atoms with E-state index in [1.807, 2.05) is 18.2 Å². The Morgan fingerprint density at radius 2 is 2.06 bits per heavy atom. The van der Waals surface area contributed by atoms with Crippen molar-refractivity contribution < 1.29 is 4.39 Å². The predicted octanol–water partition coefficient (Wildman–Crippen LogP) is 3.58. The van der Waals surface area contributed by atoms with Crippen LogP contribution in [0.3, 0.4) is 0 Å². The van der Waals surface area contributed by atoms with E-state index < -0.39 is 0 Å². The van der Waals surface area contributed by atoms with Crippen LogP contribution in [0.1, 0.15) is 0 Å². The number of nitrogens with one attached hydrogen (secondary N) is 1. The van der Waals surface area contributed by atoms with Gasteiger partial charge in [0.15, 0.2) is 0 Å². The highest BCUT2D eigenvalue weighted by Gasteiger charge is 2.03. The fourth-order valence-corrected chi connectivity index (χ4v) is 1.66. The van der Waals surface area contributed by atoms with Gasteiger partial charge in [0.1, 0.15) is 11.6 Å². The van der Waals surface area contributed by atoms with Gasteiger partial charge in [0.05, 0.1) is 5.69 Å². The molecule has 0 radical (unpaired) electrons. The van der Waals surface area contributed by atoms with Crippen LogP contribution in [0.2, 0.25) is 5.02 Å². The smallest absolute Gasteiger partial charge is 0.126 e. The van der Waals surface area contributed by atoms with Crippen molar-refractivity contribution in [3.63, 3.8) is 0 Å². The van der Waals surface area contributed by atoms with Crippen LogP contribution < -0.4 is 5.32 Å². The minimum Gasteiger partial charge on any atom is -0.373 e. The minimum atomic E-state index is -0.362. The molecule has 4 heteroatoms. The van der Waals surface area contributed by atoms with Crippen molar-refractivity contribution in [1.29, 1.82) is 0 Å². The molecule has 0 fully saturated rings. The third-order valence-electron chi connectivity index (χ3n) is 2.16. The molecule has 1 N–H and O–H groups in total. The van der Waals surface area contributed by atoms with Crippen molar-refractivity contribution in [1.82, 2.24) is 4.98 Å². The summed E-state index contributed by atoms with van der Waals surface area (Å²) in [6.07, 6.45) is 0. The highest BCUT2D eigenvalue weighted by atomic mass is 35.5. The second-order valence-electron chi connectivity index (χ2n) is 3.32. The van der Waals surface area contributed by atoms with Crippen LogP contribution in [0.15, 0.2) is 36.4 Å². The quantitative estimate of drug-likeness (QED) is 0.862. The van der Waals surface area contributed by atoms with Gasteiger partial charge in [0.2, 0.25) is 0 Å². The fraction of sp³-hybridized carbons (Fsp3) is 0.0833. The summed E-state index contributed by atoms with van der Waals surface area (Å²) < 4.78 is 13.2. The Balaban J connectivity index is 2.49. The normalized spacial score (nSPS) is 10.2. The zero-order valence-electron chi connectivity index (χ0n) is 8.67. The highest BCUT2D eigenvalue weighted by Crippen LogP contribution is 2.23. The highest BCUT2D eigenvalue weighted by molar-refractivity contribution is 6.30. The molecule has 16 heavy (non-hydrogen) atoms. The molecule has 1 aromatic carbocycles. The molecule has 0 unspecified atom stereocenters. The molecule has 0 saturated heterocycles. The predicted molar refractivity (Wildman–Crippen MR) is 64.2 cm³/mol. The van der Waals surface area contributed by atoms with Crippen LogP contribution >= 0.6 is 11.6 Å². The maximum absolute atomic E-state index is 13.2. The van der Waals surface area contributed by atoms with Gasteiger partial charge in [-0.2, -0.15) is 0 Å². The number of nitrogens with zero attached hydrogens (tertiary/aromatic N) is 1. The molecular formula is C12H10ClFN2. The fourth-order valence-electron chi connectivity index (χ4n) is 1.44. The molecule has 1 aromatic heterocycles. The van der Waals surface area contributed by atoms with Crippen LogP contribution in [0.4, 0.5) is 10.2 Å². The number of anilines is 1. The molecule has 82 valence electrons. The maximum atomic E-state index is 13.2. The number of pyridine rings is 1. The number of rotatable bonds is 2. The van der Waals surface area contributed by atoms with Crippen LogP contribution in [0.5, 0.6) is 0 Å². The summed E-state index contributed by atoms with van der Waals surface area (Å²) >= 11 is 5.79. The van der Waals surface area contributed by atoms with Crippen molar-refractivity contribution in [3.05, 3.63) is 47.2 Å². The summed E-state index contributed by atoms with van der Waals surface area (Å²) in [5.74, 6) is 0.372. The Morgan fingerprint density at radius 3 is 2.75 bits per heavy atom. The van der Waals surface area contributed by atoms with Crippen LogP contribution in [0, 0.1) is 5.82 Å². The van der Waals surface area contributed by atoms with Gasteiger partial charge < -0.3 is 5.32 Å². The Bertz CT molecular complexity index is 494. The average Bonchev–Trinajstić information content (AvgIpc) is 2.28. The van der Waals surface area contributed by atoms with Crippen molar-refractivity contribution in [2.45, 2.75) is 0 Å². The minimum absolute atomic E-state index is 0.362. The van der Waals surface area contributed by atoms with E-state index in [4.69, 9.17) is 11.6 Å². The van der Waals surface area contributed by atoms with Gasteiger partial charge in [-0.1, -0.05) is 17.7 Å². The monoisotopic (exact) mass is 236 g/mol. The van der Waals surface area contributed by atoms with E-state index in [2.05, 4.69) is 10.3 Å². The molecule has 0 bridgehead atoms. The number of halogens is 2. The summed E-state index contributed by atoms with van der Waals surface area (Å²) in [6.45, 7) is 0. The molecule has 2 aromatic rings. The van der Waals surface area contributed by atoms with E-state index in [9.17, 15) is 4.39 Å². The first-order chi connectivity index (χ1) is 7.69. The summed E-state index contributed by atoms with van der Waals surface area (Å²) in [5.41, 5.74) is 1.36. The molecule has 0 amide bonds. The topological polar surface area (TPSA) is 24.9 Å². The lowest BCUT2D eigenvalue weighted by atomic mass is 10.1. The van der Waals surface area contributed by atoms with Gasteiger partial charge >= 0.3 is 0 Å². The number of hydrogen-bond acceptors (Lipinski definition) is 2. The summed E-state index contributed by atoms with van der Waals surface area (Å²) in [4.78, 5) is 4.31. The Labute approximate surface area is 98.1 Å². The van der Waals surface area contributed by atoms with Gasteiger partial charge in [0, 0.05) is 17.6 Å². The lowest BCUT2D eigenvalue weighted by Crippen LogP contribution is -1.93. The summed E-state index contributed by atoms with van der Waals surface area (Å²) in [5, 5.41) is 3.30. The van der Waals surface area contributed by atoms with E-state index in [-0.39, 0.29) is 5.82 Å². The lowest BCUT2D eigenvalue weighted by Gasteiger charge is -2.04.